The number of hydrogen-bond acceptors (Lipinski definition) is 4. The van der Waals surface area contributed by atoms with Crippen molar-refractivity contribution in [2.75, 3.05) is 0 Å². The Labute approximate surface area is 144 Å². The summed E-state index contributed by atoms with van der Waals surface area (Å²) in [6, 6.07) is 1.39. The molecule has 0 fully saturated rings. The first-order valence-corrected chi connectivity index (χ1v) is 8.52. The van der Waals surface area contributed by atoms with Crippen molar-refractivity contribution in [3.05, 3.63) is 66.0 Å². The van der Waals surface area contributed by atoms with E-state index in [1.807, 2.05) is 13.8 Å². The van der Waals surface area contributed by atoms with Gasteiger partial charge in [0.25, 0.3) is 5.56 Å². The van der Waals surface area contributed by atoms with Crippen LogP contribution in [0.2, 0.25) is 0 Å². The Morgan fingerprint density at radius 1 is 0.840 bits per heavy atom. The van der Waals surface area contributed by atoms with Gasteiger partial charge in [-0.1, -0.05) is 26.7 Å². The minimum Gasteiger partial charge on any atom is -0.318 e. The van der Waals surface area contributed by atoms with Crippen LogP contribution < -0.4 is 11.1 Å². The number of carbonyl (C=O) groups is 2. The molecule has 2 aromatic rings. The van der Waals surface area contributed by atoms with E-state index in [1.165, 1.54) is 6.07 Å². The second-order valence-electron chi connectivity index (χ2n) is 6.37. The lowest BCUT2D eigenvalue weighted by Gasteiger charge is -2.22. The monoisotopic (exact) mass is 340 g/mol. The van der Waals surface area contributed by atoms with Crippen LogP contribution in [-0.2, 0) is 12.8 Å². The zero-order chi connectivity index (χ0) is 18.3. The molecule has 0 unspecified atom stereocenters. The molecule has 0 saturated heterocycles. The molecule has 0 spiro atoms. The molecule has 2 aromatic heterocycles. The van der Waals surface area contributed by atoms with Crippen LogP contribution in [0.5, 0.6) is 0 Å². The summed E-state index contributed by atoms with van der Waals surface area (Å²) in [6.45, 7) is 5.56. The van der Waals surface area contributed by atoms with Crippen LogP contribution >= 0.6 is 0 Å². The van der Waals surface area contributed by atoms with Gasteiger partial charge in [0.1, 0.15) is 11.4 Å². The highest BCUT2D eigenvalue weighted by Gasteiger charge is 2.36. The SMILES string of the molecule is CCCc1cc(=O)[nH]c2c1C(=O)c1c([nH]c(=O)c(C)c1CCC)C2=O. The number of rotatable bonds is 4. The summed E-state index contributed by atoms with van der Waals surface area (Å²) in [5, 5.41) is 0. The molecule has 130 valence electrons. The van der Waals surface area contributed by atoms with Crippen LogP contribution in [0.15, 0.2) is 15.7 Å². The number of aromatic amines is 2. The molecular weight excluding hydrogens is 320 g/mol. The minimum atomic E-state index is -0.505. The lowest BCUT2D eigenvalue weighted by molar-refractivity contribution is 0.0969. The largest absolute Gasteiger partial charge is 0.318 e. The van der Waals surface area contributed by atoms with Gasteiger partial charge in [-0.05, 0) is 30.9 Å². The number of ketones is 2. The molecule has 1 aliphatic carbocycles. The summed E-state index contributed by atoms with van der Waals surface area (Å²) in [5.41, 5.74) is 1.39. The van der Waals surface area contributed by atoms with Crippen LogP contribution in [0.4, 0.5) is 0 Å². The molecule has 0 bridgehead atoms. The number of H-pyrrole nitrogens is 2. The fraction of sp³-hybridized carbons (Fsp3) is 0.368. The predicted molar refractivity (Wildman–Crippen MR) is 93.7 cm³/mol. The van der Waals surface area contributed by atoms with E-state index in [0.29, 0.717) is 29.5 Å². The van der Waals surface area contributed by atoms with Crippen molar-refractivity contribution in [1.29, 1.82) is 0 Å². The van der Waals surface area contributed by atoms with Gasteiger partial charge in [-0.2, -0.15) is 0 Å². The second kappa shape index (κ2) is 6.27. The molecule has 2 heterocycles. The second-order valence-corrected chi connectivity index (χ2v) is 6.37. The third-order valence-corrected chi connectivity index (χ3v) is 4.64. The first-order chi connectivity index (χ1) is 11.9. The van der Waals surface area contributed by atoms with Crippen molar-refractivity contribution in [2.24, 2.45) is 0 Å². The van der Waals surface area contributed by atoms with Crippen molar-refractivity contribution in [2.45, 2.75) is 46.5 Å². The molecule has 0 amide bonds. The maximum Gasteiger partial charge on any atom is 0.251 e. The van der Waals surface area contributed by atoms with Crippen LogP contribution in [0.3, 0.4) is 0 Å². The van der Waals surface area contributed by atoms with E-state index >= 15 is 0 Å². The van der Waals surface area contributed by atoms with Gasteiger partial charge in [0.15, 0.2) is 5.78 Å². The highest BCUT2D eigenvalue weighted by Crippen LogP contribution is 2.30. The molecule has 0 saturated carbocycles. The lowest BCUT2D eigenvalue weighted by atomic mass is 9.82. The average Bonchev–Trinajstić information content (AvgIpc) is 2.56. The highest BCUT2D eigenvalue weighted by atomic mass is 16.2. The van der Waals surface area contributed by atoms with E-state index in [4.69, 9.17) is 0 Å². The van der Waals surface area contributed by atoms with Gasteiger partial charge in [0.05, 0.1) is 11.1 Å². The topological polar surface area (TPSA) is 99.9 Å². The summed E-state index contributed by atoms with van der Waals surface area (Å²) in [7, 11) is 0. The van der Waals surface area contributed by atoms with Crippen molar-refractivity contribution < 1.29 is 9.59 Å². The summed E-state index contributed by atoms with van der Waals surface area (Å²) >= 11 is 0. The molecule has 25 heavy (non-hydrogen) atoms. The Hall–Kier alpha value is -2.76. The fourth-order valence-electron chi connectivity index (χ4n) is 3.49. The maximum atomic E-state index is 13.2. The minimum absolute atomic E-state index is 0.0131. The van der Waals surface area contributed by atoms with E-state index in [-0.39, 0.29) is 33.9 Å². The third kappa shape index (κ3) is 2.58. The summed E-state index contributed by atoms with van der Waals surface area (Å²) in [4.78, 5) is 55.2. The number of aryl methyl sites for hydroxylation is 1. The molecule has 0 aliphatic heterocycles. The van der Waals surface area contributed by atoms with E-state index in [9.17, 15) is 19.2 Å². The number of pyridine rings is 2. The highest BCUT2D eigenvalue weighted by molar-refractivity contribution is 6.28. The van der Waals surface area contributed by atoms with Crippen molar-refractivity contribution in [3.63, 3.8) is 0 Å². The molecular formula is C19H20N2O4. The van der Waals surface area contributed by atoms with Crippen LogP contribution in [0.25, 0.3) is 0 Å². The van der Waals surface area contributed by atoms with Crippen molar-refractivity contribution in [3.8, 4) is 0 Å². The Morgan fingerprint density at radius 3 is 2.12 bits per heavy atom. The lowest BCUT2D eigenvalue weighted by Crippen LogP contribution is -2.33. The average molecular weight is 340 g/mol. The summed E-state index contributed by atoms with van der Waals surface area (Å²) in [6.07, 6.45) is 2.57. The van der Waals surface area contributed by atoms with Crippen LogP contribution in [0.1, 0.15) is 75.5 Å². The molecule has 0 radical (unpaired) electrons. The van der Waals surface area contributed by atoms with Gasteiger partial charge in [-0.15, -0.1) is 0 Å². The maximum absolute atomic E-state index is 13.2. The first-order valence-electron chi connectivity index (χ1n) is 8.52. The third-order valence-electron chi connectivity index (χ3n) is 4.64. The van der Waals surface area contributed by atoms with E-state index in [0.717, 1.165) is 12.8 Å². The molecule has 6 heteroatoms. The zero-order valence-electron chi connectivity index (χ0n) is 14.5. The molecule has 2 N–H and O–H groups in total. The van der Waals surface area contributed by atoms with Gasteiger partial charge in [-0.25, -0.2) is 0 Å². The Morgan fingerprint density at radius 2 is 1.48 bits per heavy atom. The van der Waals surface area contributed by atoms with Gasteiger partial charge in [0, 0.05) is 11.6 Å². The van der Waals surface area contributed by atoms with E-state index in [2.05, 4.69) is 9.97 Å². The standard InChI is InChI=1S/C19H20N2O4/c1-4-6-10-8-12(22)20-15-13(10)17(23)14-11(7-5-2)9(3)19(25)21-16(14)18(15)24/h8H,4-7H2,1-3H3,(H,20,22)(H,21,25). The Bertz CT molecular complexity index is 1010. The smallest absolute Gasteiger partial charge is 0.251 e. The van der Waals surface area contributed by atoms with E-state index < -0.39 is 11.3 Å². The van der Waals surface area contributed by atoms with Gasteiger partial charge >= 0.3 is 0 Å². The van der Waals surface area contributed by atoms with Crippen molar-refractivity contribution >= 4 is 11.6 Å². The molecule has 6 nitrogen and oxygen atoms in total. The molecule has 0 atom stereocenters. The zero-order valence-corrected chi connectivity index (χ0v) is 14.5. The summed E-state index contributed by atoms with van der Waals surface area (Å²) in [5.74, 6) is -0.804. The van der Waals surface area contributed by atoms with Gasteiger partial charge < -0.3 is 9.97 Å². The number of fused-ring (bicyclic) bond motifs is 2. The van der Waals surface area contributed by atoms with Gasteiger partial charge in [-0.3, -0.25) is 19.2 Å². The Kier molecular flexibility index (Phi) is 4.29. The van der Waals surface area contributed by atoms with Gasteiger partial charge in [0.2, 0.25) is 11.3 Å². The van der Waals surface area contributed by atoms with E-state index in [1.54, 1.807) is 6.92 Å². The van der Waals surface area contributed by atoms with Crippen molar-refractivity contribution in [1.82, 2.24) is 9.97 Å². The van der Waals surface area contributed by atoms with Crippen LogP contribution in [-0.4, -0.2) is 21.5 Å². The molecule has 1 aliphatic rings. The first kappa shape index (κ1) is 17.1. The Balaban J connectivity index is 2.38. The number of aromatic nitrogens is 2. The number of carbonyl (C=O) groups excluding carboxylic acids is 2. The summed E-state index contributed by atoms with van der Waals surface area (Å²) < 4.78 is 0. The van der Waals surface area contributed by atoms with Crippen LogP contribution in [0, 0.1) is 6.92 Å². The predicted octanol–water partition coefficient (Wildman–Crippen LogP) is 2.05. The molecule has 3 rings (SSSR count). The molecule has 0 aromatic carbocycles. The normalized spacial score (nSPS) is 12.9. The fourth-order valence-corrected chi connectivity index (χ4v) is 3.49. The number of hydrogen-bond donors (Lipinski definition) is 2. The quantitative estimate of drug-likeness (QED) is 0.759. The number of nitrogens with one attached hydrogen (secondary N) is 2.